The van der Waals surface area contributed by atoms with Gasteiger partial charge in [-0.15, -0.1) is 0 Å². The molecule has 0 fully saturated rings. The Hall–Kier alpha value is -1.88. The number of amides is 1. The first kappa shape index (κ1) is 31.2. The fourth-order valence-electron chi connectivity index (χ4n) is 3.88. The molecular formula is C27H41F3N2O2S. The highest BCUT2D eigenvalue weighted by molar-refractivity contribution is 7.84. The van der Waals surface area contributed by atoms with Gasteiger partial charge in [-0.1, -0.05) is 78.2 Å². The average molecular weight is 515 g/mol. The summed E-state index contributed by atoms with van der Waals surface area (Å²) in [5, 5.41) is 11.8. The lowest BCUT2D eigenvalue weighted by atomic mass is 9.85. The van der Waals surface area contributed by atoms with E-state index in [9.17, 15) is 22.2 Å². The number of nitrogens with zero attached hydrogens (tertiary/aromatic N) is 1. The van der Waals surface area contributed by atoms with Crippen molar-refractivity contribution in [2.45, 2.75) is 104 Å². The number of unbranched alkanes of at least 4 members (excludes halogenated alkanes) is 8. The Kier molecular flexibility index (Phi) is 14.2. The number of halogens is 3. The molecule has 1 aliphatic carbocycles. The lowest BCUT2D eigenvalue weighted by Gasteiger charge is -2.24. The van der Waals surface area contributed by atoms with E-state index in [-0.39, 0.29) is 12.3 Å². The van der Waals surface area contributed by atoms with E-state index >= 15 is 0 Å². The smallest absolute Gasteiger partial charge is 0.329 e. The maximum atomic E-state index is 13.1. The Morgan fingerprint density at radius 2 is 1.57 bits per heavy atom. The van der Waals surface area contributed by atoms with Crippen molar-refractivity contribution < 1.29 is 22.2 Å². The van der Waals surface area contributed by atoms with Gasteiger partial charge in [0.25, 0.3) is 0 Å². The maximum absolute atomic E-state index is 13.1. The number of alkyl halides is 3. The molecule has 0 saturated heterocycles. The molecule has 35 heavy (non-hydrogen) atoms. The Morgan fingerprint density at radius 1 is 1.00 bits per heavy atom. The molecule has 0 aromatic heterocycles. The van der Waals surface area contributed by atoms with Gasteiger partial charge in [0.2, 0.25) is 5.91 Å². The van der Waals surface area contributed by atoms with E-state index in [1.807, 2.05) is 13.8 Å². The molecule has 198 valence electrons. The summed E-state index contributed by atoms with van der Waals surface area (Å²) >= 11 is 0. The first-order valence-electron chi connectivity index (χ1n) is 12.8. The van der Waals surface area contributed by atoms with Crippen LogP contribution in [0.4, 0.5) is 13.2 Å². The molecule has 0 radical (unpaired) electrons. The molecule has 0 aromatic carbocycles. The molecule has 0 heterocycles. The minimum absolute atomic E-state index is 0.0988. The Labute approximate surface area is 211 Å². The van der Waals surface area contributed by atoms with E-state index in [1.54, 1.807) is 6.07 Å². The third-order valence-electron chi connectivity index (χ3n) is 6.23. The summed E-state index contributed by atoms with van der Waals surface area (Å²) in [7, 11) is -0.715. The Balaban J connectivity index is 2.32. The van der Waals surface area contributed by atoms with Gasteiger partial charge in [0.05, 0.1) is 17.2 Å². The predicted molar refractivity (Wildman–Crippen MR) is 137 cm³/mol. The average Bonchev–Trinajstić information content (AvgIpc) is 3.00. The van der Waals surface area contributed by atoms with Crippen molar-refractivity contribution in [3.05, 3.63) is 35.1 Å². The molecule has 4 nitrogen and oxygen atoms in total. The third-order valence-corrected chi connectivity index (χ3v) is 7.72. The van der Waals surface area contributed by atoms with Crippen molar-refractivity contribution in [3.8, 4) is 6.07 Å². The number of hydrogen-bond donors (Lipinski definition) is 1. The SMILES string of the molecule is CCCCCCCS(=O)CCCCCCCC(C)(C)C(=O)NC1=CC=C(C#N)C(C(F)(F)F)=CC1. The van der Waals surface area contributed by atoms with Crippen LogP contribution in [-0.2, 0) is 15.6 Å². The first-order valence-corrected chi connectivity index (χ1v) is 14.2. The predicted octanol–water partition coefficient (Wildman–Crippen LogP) is 7.41. The summed E-state index contributed by atoms with van der Waals surface area (Å²) in [6.45, 7) is 5.85. The normalized spacial score (nSPS) is 15.4. The lowest BCUT2D eigenvalue weighted by molar-refractivity contribution is -0.129. The van der Waals surface area contributed by atoms with Crippen LogP contribution in [0.25, 0.3) is 0 Å². The van der Waals surface area contributed by atoms with Gasteiger partial charge in [-0.2, -0.15) is 18.4 Å². The summed E-state index contributed by atoms with van der Waals surface area (Å²) in [5.74, 6) is 1.34. The van der Waals surface area contributed by atoms with Gasteiger partial charge in [0.15, 0.2) is 0 Å². The standard InChI is InChI=1S/C27H41F3N2O2S/c1-4-5-6-9-12-19-35(34)20-13-10-7-8-11-18-26(2,3)25(33)32-23-15-14-22(21-31)24(17-16-23)27(28,29)30/h14-15,17H,4-13,16,18-20H2,1-3H3,(H,32,33). The van der Waals surface area contributed by atoms with Crippen LogP contribution >= 0.6 is 0 Å². The Morgan fingerprint density at radius 3 is 2.14 bits per heavy atom. The number of nitriles is 1. The quantitative estimate of drug-likeness (QED) is 0.218. The van der Waals surface area contributed by atoms with Gasteiger partial charge < -0.3 is 5.32 Å². The molecule has 1 rings (SSSR count). The summed E-state index contributed by atoms with van der Waals surface area (Å²) in [6.07, 6.45) is 10.2. The summed E-state index contributed by atoms with van der Waals surface area (Å²) in [6, 6.07) is 1.57. The molecule has 8 heteroatoms. The monoisotopic (exact) mass is 514 g/mol. The molecule has 0 aliphatic heterocycles. The molecule has 1 aliphatic rings. The second-order valence-electron chi connectivity index (χ2n) is 9.82. The molecule has 1 unspecified atom stereocenters. The molecule has 0 bridgehead atoms. The van der Waals surface area contributed by atoms with Crippen molar-refractivity contribution in [2.75, 3.05) is 11.5 Å². The molecule has 0 spiro atoms. The van der Waals surface area contributed by atoms with Crippen molar-refractivity contribution in [1.82, 2.24) is 5.32 Å². The molecule has 0 aromatic rings. The van der Waals surface area contributed by atoms with E-state index in [2.05, 4.69) is 12.2 Å². The van der Waals surface area contributed by atoms with Crippen molar-refractivity contribution >= 4 is 16.7 Å². The minimum Gasteiger partial charge on any atom is -0.329 e. The van der Waals surface area contributed by atoms with Gasteiger partial charge in [-0.3, -0.25) is 9.00 Å². The van der Waals surface area contributed by atoms with Crippen LogP contribution in [0.2, 0.25) is 0 Å². The van der Waals surface area contributed by atoms with Crippen LogP contribution < -0.4 is 5.32 Å². The largest absolute Gasteiger partial charge is 0.417 e. The minimum atomic E-state index is -4.61. The van der Waals surface area contributed by atoms with Crippen LogP contribution in [0.1, 0.15) is 97.8 Å². The Bertz CT molecular complexity index is 836. The van der Waals surface area contributed by atoms with Crippen LogP contribution in [0.15, 0.2) is 35.1 Å². The zero-order valence-electron chi connectivity index (χ0n) is 21.4. The zero-order chi connectivity index (χ0) is 26.3. The van der Waals surface area contributed by atoms with Crippen molar-refractivity contribution in [1.29, 1.82) is 5.26 Å². The van der Waals surface area contributed by atoms with Crippen molar-refractivity contribution in [2.24, 2.45) is 5.41 Å². The number of rotatable bonds is 16. The van der Waals surface area contributed by atoms with Gasteiger partial charge >= 0.3 is 6.18 Å². The number of allylic oxidation sites excluding steroid dienone is 5. The highest BCUT2D eigenvalue weighted by Gasteiger charge is 2.36. The summed E-state index contributed by atoms with van der Waals surface area (Å²) in [5.41, 5.74) is -1.76. The fraction of sp³-hybridized carbons (Fsp3) is 0.704. The van der Waals surface area contributed by atoms with Gasteiger partial charge in [0.1, 0.15) is 0 Å². The molecule has 1 amide bonds. The number of nitrogens with one attached hydrogen (secondary N) is 1. The second kappa shape index (κ2) is 16.0. The van der Waals surface area contributed by atoms with Gasteiger partial charge in [0, 0.05) is 39.8 Å². The second-order valence-corrected chi connectivity index (χ2v) is 11.5. The van der Waals surface area contributed by atoms with Crippen molar-refractivity contribution in [3.63, 3.8) is 0 Å². The number of hydrogen-bond acceptors (Lipinski definition) is 3. The summed E-state index contributed by atoms with van der Waals surface area (Å²) in [4.78, 5) is 12.7. The zero-order valence-corrected chi connectivity index (χ0v) is 22.3. The number of carbonyl (C=O) groups excluding carboxylic acids is 1. The van der Waals surface area contributed by atoms with E-state index in [0.29, 0.717) is 12.1 Å². The topological polar surface area (TPSA) is 70.0 Å². The van der Waals surface area contributed by atoms with E-state index in [4.69, 9.17) is 5.26 Å². The summed E-state index contributed by atoms with van der Waals surface area (Å²) < 4.78 is 51.4. The van der Waals surface area contributed by atoms with Crippen LogP contribution in [-0.4, -0.2) is 27.8 Å². The van der Waals surface area contributed by atoms with Crippen LogP contribution in [0, 0.1) is 16.7 Å². The van der Waals surface area contributed by atoms with E-state index in [1.165, 1.54) is 31.8 Å². The molecule has 1 N–H and O–H groups in total. The van der Waals surface area contributed by atoms with Crippen LogP contribution in [0.5, 0.6) is 0 Å². The first-order chi connectivity index (χ1) is 16.5. The molecule has 0 saturated carbocycles. The van der Waals surface area contributed by atoms with E-state index < -0.39 is 33.5 Å². The highest BCUT2D eigenvalue weighted by Crippen LogP contribution is 2.33. The van der Waals surface area contributed by atoms with Gasteiger partial charge in [-0.25, -0.2) is 0 Å². The van der Waals surface area contributed by atoms with Gasteiger partial charge in [-0.05, 0) is 31.4 Å². The maximum Gasteiger partial charge on any atom is 0.417 e. The molecular weight excluding hydrogens is 473 g/mol. The number of carbonyl (C=O) groups is 1. The fourth-order valence-corrected chi connectivity index (χ4v) is 5.14. The van der Waals surface area contributed by atoms with E-state index in [0.717, 1.165) is 62.2 Å². The lowest BCUT2D eigenvalue weighted by Crippen LogP contribution is -2.36. The third kappa shape index (κ3) is 12.6. The molecule has 1 atom stereocenters. The van der Waals surface area contributed by atoms with Crippen LogP contribution in [0.3, 0.4) is 0 Å². The highest BCUT2D eigenvalue weighted by atomic mass is 32.2.